The summed E-state index contributed by atoms with van der Waals surface area (Å²) < 4.78 is 1.85. The van der Waals surface area contributed by atoms with Crippen LogP contribution in [0.25, 0.3) is 0 Å². The van der Waals surface area contributed by atoms with E-state index in [1.807, 2.05) is 31.0 Å². The molecule has 2 atom stereocenters. The SMILES string of the molecule is CN(C)CCn1ccc(NC(=O)[C@@H]2CCC[C@@H]2CN)n1. The van der Waals surface area contributed by atoms with Crippen LogP contribution in [0.4, 0.5) is 5.82 Å². The van der Waals surface area contributed by atoms with Crippen LogP contribution in [-0.2, 0) is 11.3 Å². The van der Waals surface area contributed by atoms with E-state index >= 15 is 0 Å². The highest BCUT2D eigenvalue weighted by Crippen LogP contribution is 2.31. The van der Waals surface area contributed by atoms with Gasteiger partial charge in [0.05, 0.1) is 6.54 Å². The second-order valence-electron chi connectivity index (χ2n) is 5.79. The van der Waals surface area contributed by atoms with Crippen LogP contribution in [0.5, 0.6) is 0 Å². The average Bonchev–Trinajstić information content (AvgIpc) is 3.04. The normalized spacial score (nSPS) is 22.4. The minimum atomic E-state index is 0.0481. The lowest BCUT2D eigenvalue weighted by Crippen LogP contribution is -2.30. The van der Waals surface area contributed by atoms with Gasteiger partial charge in [0.1, 0.15) is 0 Å². The third-order valence-corrected chi connectivity index (χ3v) is 3.97. The molecule has 1 amide bonds. The molecule has 2 rings (SSSR count). The van der Waals surface area contributed by atoms with Crippen molar-refractivity contribution >= 4 is 11.7 Å². The summed E-state index contributed by atoms with van der Waals surface area (Å²) in [5.74, 6) is 1.07. The van der Waals surface area contributed by atoms with Gasteiger partial charge in [-0.2, -0.15) is 5.10 Å². The van der Waals surface area contributed by atoms with E-state index < -0.39 is 0 Å². The zero-order valence-corrected chi connectivity index (χ0v) is 12.4. The highest BCUT2D eigenvalue weighted by Gasteiger charge is 2.32. The number of hydrogen-bond acceptors (Lipinski definition) is 4. The predicted octanol–water partition coefficient (Wildman–Crippen LogP) is 0.758. The van der Waals surface area contributed by atoms with Gasteiger partial charge in [-0.05, 0) is 39.4 Å². The van der Waals surface area contributed by atoms with E-state index in [4.69, 9.17) is 5.73 Å². The Labute approximate surface area is 120 Å². The van der Waals surface area contributed by atoms with Gasteiger partial charge < -0.3 is 16.0 Å². The standard InChI is InChI=1S/C14H25N5O/c1-18(2)8-9-19-7-6-13(17-19)16-14(20)12-5-3-4-11(12)10-15/h6-7,11-12H,3-5,8-10,15H2,1-2H3,(H,16,17,20)/t11-,12-/m1/s1. The molecule has 0 saturated heterocycles. The van der Waals surface area contributed by atoms with Gasteiger partial charge in [0.15, 0.2) is 5.82 Å². The van der Waals surface area contributed by atoms with E-state index in [0.29, 0.717) is 18.3 Å². The number of nitrogens with two attached hydrogens (primary N) is 1. The summed E-state index contributed by atoms with van der Waals surface area (Å²) >= 11 is 0. The molecular weight excluding hydrogens is 254 g/mol. The second-order valence-corrected chi connectivity index (χ2v) is 5.79. The van der Waals surface area contributed by atoms with Crippen molar-refractivity contribution in [3.63, 3.8) is 0 Å². The van der Waals surface area contributed by atoms with Gasteiger partial charge in [-0.3, -0.25) is 9.48 Å². The highest BCUT2D eigenvalue weighted by molar-refractivity contribution is 5.92. The van der Waals surface area contributed by atoms with Crippen molar-refractivity contribution in [2.75, 3.05) is 32.5 Å². The minimum Gasteiger partial charge on any atom is -0.330 e. The number of amides is 1. The Morgan fingerprint density at radius 2 is 2.35 bits per heavy atom. The van der Waals surface area contributed by atoms with E-state index in [1.54, 1.807) is 0 Å². The van der Waals surface area contributed by atoms with E-state index in [0.717, 1.165) is 32.4 Å². The molecule has 1 fully saturated rings. The molecule has 0 bridgehead atoms. The Kier molecular flexibility index (Phi) is 5.14. The number of nitrogens with zero attached hydrogens (tertiary/aromatic N) is 3. The van der Waals surface area contributed by atoms with Crippen LogP contribution in [-0.4, -0.2) is 47.8 Å². The molecule has 1 aromatic rings. The molecule has 1 aromatic heterocycles. The highest BCUT2D eigenvalue weighted by atomic mass is 16.2. The Bertz CT molecular complexity index is 443. The van der Waals surface area contributed by atoms with Crippen LogP contribution in [0.1, 0.15) is 19.3 Å². The topological polar surface area (TPSA) is 76.2 Å². The fourth-order valence-corrected chi connectivity index (χ4v) is 2.74. The Balaban J connectivity index is 1.88. The second kappa shape index (κ2) is 6.85. The van der Waals surface area contributed by atoms with E-state index in [-0.39, 0.29) is 11.8 Å². The number of carbonyl (C=O) groups excluding carboxylic acids is 1. The van der Waals surface area contributed by atoms with Gasteiger partial charge in [-0.25, -0.2) is 0 Å². The largest absolute Gasteiger partial charge is 0.330 e. The third-order valence-electron chi connectivity index (χ3n) is 3.97. The first kappa shape index (κ1) is 15.0. The molecule has 1 aliphatic rings. The zero-order chi connectivity index (χ0) is 14.5. The monoisotopic (exact) mass is 279 g/mol. The molecule has 3 N–H and O–H groups in total. The smallest absolute Gasteiger partial charge is 0.229 e. The lowest BCUT2D eigenvalue weighted by Gasteiger charge is -2.16. The summed E-state index contributed by atoms with van der Waals surface area (Å²) in [7, 11) is 4.05. The molecule has 6 heteroatoms. The maximum absolute atomic E-state index is 12.2. The maximum Gasteiger partial charge on any atom is 0.229 e. The number of carbonyl (C=O) groups is 1. The third kappa shape index (κ3) is 3.80. The number of likely N-dealkylation sites (N-methyl/N-ethyl adjacent to an activating group) is 1. The summed E-state index contributed by atoms with van der Waals surface area (Å²) in [6, 6.07) is 1.85. The molecule has 20 heavy (non-hydrogen) atoms. The van der Waals surface area contributed by atoms with Gasteiger partial charge in [0.2, 0.25) is 5.91 Å². The Hall–Kier alpha value is -1.40. The Morgan fingerprint density at radius 1 is 1.55 bits per heavy atom. The number of anilines is 1. The molecule has 1 aliphatic carbocycles. The van der Waals surface area contributed by atoms with Gasteiger partial charge in [-0.15, -0.1) is 0 Å². The molecule has 0 unspecified atom stereocenters. The van der Waals surface area contributed by atoms with E-state index in [9.17, 15) is 4.79 Å². The van der Waals surface area contributed by atoms with Crippen LogP contribution < -0.4 is 11.1 Å². The summed E-state index contributed by atoms with van der Waals surface area (Å²) in [6.07, 6.45) is 4.99. The van der Waals surface area contributed by atoms with E-state index in [2.05, 4.69) is 15.3 Å². The summed E-state index contributed by atoms with van der Waals surface area (Å²) in [5, 5.41) is 7.29. The fourth-order valence-electron chi connectivity index (χ4n) is 2.74. The van der Waals surface area contributed by atoms with Crippen LogP contribution in [0.2, 0.25) is 0 Å². The molecule has 0 aliphatic heterocycles. The average molecular weight is 279 g/mol. The van der Waals surface area contributed by atoms with Crippen molar-refractivity contribution in [1.82, 2.24) is 14.7 Å². The number of aromatic nitrogens is 2. The van der Waals surface area contributed by atoms with Crippen LogP contribution >= 0.6 is 0 Å². The van der Waals surface area contributed by atoms with Gasteiger partial charge in [0, 0.05) is 24.7 Å². The van der Waals surface area contributed by atoms with Gasteiger partial charge in [-0.1, -0.05) is 6.42 Å². The van der Waals surface area contributed by atoms with Crippen molar-refractivity contribution < 1.29 is 4.79 Å². The van der Waals surface area contributed by atoms with Crippen LogP contribution in [0.15, 0.2) is 12.3 Å². The van der Waals surface area contributed by atoms with Crippen molar-refractivity contribution in [2.45, 2.75) is 25.8 Å². The number of nitrogens with one attached hydrogen (secondary N) is 1. The van der Waals surface area contributed by atoms with Gasteiger partial charge >= 0.3 is 0 Å². The molecule has 0 spiro atoms. The van der Waals surface area contributed by atoms with Crippen molar-refractivity contribution in [3.8, 4) is 0 Å². The van der Waals surface area contributed by atoms with Crippen molar-refractivity contribution in [1.29, 1.82) is 0 Å². The number of rotatable bonds is 6. The molecular formula is C14H25N5O. The van der Waals surface area contributed by atoms with Crippen LogP contribution in [0, 0.1) is 11.8 Å². The summed E-state index contributed by atoms with van der Waals surface area (Å²) in [4.78, 5) is 14.3. The molecule has 1 saturated carbocycles. The summed E-state index contributed by atoms with van der Waals surface area (Å²) in [5.41, 5.74) is 5.72. The molecule has 1 heterocycles. The predicted molar refractivity (Wildman–Crippen MR) is 79.3 cm³/mol. The first-order chi connectivity index (χ1) is 9.60. The molecule has 0 aromatic carbocycles. The first-order valence-corrected chi connectivity index (χ1v) is 7.29. The van der Waals surface area contributed by atoms with Crippen LogP contribution in [0.3, 0.4) is 0 Å². The maximum atomic E-state index is 12.2. The Morgan fingerprint density at radius 3 is 3.05 bits per heavy atom. The molecule has 112 valence electrons. The quantitative estimate of drug-likeness (QED) is 0.806. The lowest BCUT2D eigenvalue weighted by atomic mass is 9.95. The minimum absolute atomic E-state index is 0.0481. The molecule has 6 nitrogen and oxygen atoms in total. The lowest BCUT2D eigenvalue weighted by molar-refractivity contribution is -0.120. The number of hydrogen-bond donors (Lipinski definition) is 2. The van der Waals surface area contributed by atoms with Crippen molar-refractivity contribution in [2.24, 2.45) is 17.6 Å². The summed E-state index contributed by atoms with van der Waals surface area (Å²) in [6.45, 7) is 2.33. The van der Waals surface area contributed by atoms with E-state index in [1.165, 1.54) is 0 Å². The fraction of sp³-hybridized carbons (Fsp3) is 0.714. The van der Waals surface area contributed by atoms with Crippen molar-refractivity contribution in [3.05, 3.63) is 12.3 Å². The molecule has 0 radical (unpaired) electrons. The van der Waals surface area contributed by atoms with Gasteiger partial charge in [0.25, 0.3) is 0 Å². The zero-order valence-electron chi connectivity index (χ0n) is 12.4. The first-order valence-electron chi connectivity index (χ1n) is 7.29.